The molecular weight excluding hydrogens is 541 g/mol. The van der Waals surface area contributed by atoms with E-state index in [0.29, 0.717) is 5.69 Å². The van der Waals surface area contributed by atoms with Crippen molar-refractivity contribution in [1.82, 2.24) is 29.8 Å². The third-order valence-electron chi connectivity index (χ3n) is 7.05. The number of nitrogens with zero attached hydrogens (tertiary/aromatic N) is 6. The molecule has 0 saturated carbocycles. The van der Waals surface area contributed by atoms with Crippen LogP contribution in [0.25, 0.3) is 28.1 Å². The Morgan fingerprint density at radius 1 is 0.829 bits per heavy atom. The average Bonchev–Trinajstić information content (AvgIpc) is 3.67. The molecule has 6 rings (SSSR count). The molecule has 1 aliphatic heterocycles. The number of rotatable bonds is 6. The lowest BCUT2D eigenvalue weighted by atomic mass is 9.92. The van der Waals surface area contributed by atoms with Gasteiger partial charge in [-0.25, -0.2) is 17.9 Å². The SMILES string of the molecule is OC[C@H]1O[C@@H](c2nncn2-c2cccc(-c3ccccc3)c2)[C@H](O)[C@@H](n2cc(-c3cc(F)c(F)c(F)c3)nn2)[C@H]1O. The van der Waals surface area contributed by atoms with Crippen LogP contribution in [0.5, 0.6) is 0 Å². The smallest absolute Gasteiger partial charge is 0.194 e. The molecule has 0 spiro atoms. The van der Waals surface area contributed by atoms with E-state index in [1.807, 2.05) is 54.6 Å². The van der Waals surface area contributed by atoms with Gasteiger partial charge in [-0.2, -0.15) is 0 Å². The predicted molar refractivity (Wildman–Crippen MR) is 138 cm³/mol. The molecule has 1 fully saturated rings. The minimum atomic E-state index is -1.62. The molecule has 0 amide bonds. The standard InChI is InChI=1S/C28H23F3N6O4/c29-19-10-17(11-20(30)23(19)31)21-12-37(35-33-21)24-25(39)22(13-38)41-27(26(24)40)28-34-32-14-36(28)18-8-4-7-16(9-18)15-5-2-1-3-6-15/h1-12,14,22,24-27,38-40H,13H2/t22-,24+,25+,26-,27-/m1/s1. The zero-order valence-corrected chi connectivity index (χ0v) is 21.2. The van der Waals surface area contributed by atoms with Crippen LogP contribution in [-0.2, 0) is 4.74 Å². The number of hydrogen-bond donors (Lipinski definition) is 3. The summed E-state index contributed by atoms with van der Waals surface area (Å²) in [4.78, 5) is 0. The number of aliphatic hydroxyl groups excluding tert-OH is 3. The number of benzene rings is 3. The second kappa shape index (κ2) is 10.9. The zero-order chi connectivity index (χ0) is 28.7. The van der Waals surface area contributed by atoms with E-state index in [2.05, 4.69) is 20.5 Å². The van der Waals surface area contributed by atoms with E-state index < -0.39 is 54.5 Å². The first kappa shape index (κ1) is 26.8. The van der Waals surface area contributed by atoms with Crippen molar-refractivity contribution in [2.45, 2.75) is 30.5 Å². The second-order valence-corrected chi connectivity index (χ2v) is 9.56. The number of aromatic nitrogens is 6. The van der Waals surface area contributed by atoms with Crippen LogP contribution in [-0.4, -0.2) is 70.0 Å². The first-order valence-corrected chi connectivity index (χ1v) is 12.6. The van der Waals surface area contributed by atoms with Crippen molar-refractivity contribution in [2.24, 2.45) is 0 Å². The first-order chi connectivity index (χ1) is 19.9. The van der Waals surface area contributed by atoms with Gasteiger partial charge in [0.15, 0.2) is 23.3 Å². The van der Waals surface area contributed by atoms with E-state index >= 15 is 0 Å². The molecule has 0 unspecified atom stereocenters. The van der Waals surface area contributed by atoms with E-state index in [1.54, 1.807) is 4.57 Å². The fourth-order valence-electron chi connectivity index (χ4n) is 4.99. The highest BCUT2D eigenvalue weighted by Crippen LogP contribution is 2.38. The summed E-state index contributed by atoms with van der Waals surface area (Å²) in [6, 6.07) is 17.6. The van der Waals surface area contributed by atoms with Gasteiger partial charge in [0.05, 0.1) is 12.8 Å². The van der Waals surface area contributed by atoms with Gasteiger partial charge in [-0.3, -0.25) is 4.57 Å². The van der Waals surface area contributed by atoms with E-state index in [-0.39, 0.29) is 17.1 Å². The topological polar surface area (TPSA) is 131 Å². The molecule has 0 bridgehead atoms. The van der Waals surface area contributed by atoms with Crippen LogP contribution in [0.1, 0.15) is 18.0 Å². The van der Waals surface area contributed by atoms with Crippen molar-refractivity contribution in [1.29, 1.82) is 0 Å². The summed E-state index contributed by atoms with van der Waals surface area (Å²) in [6.07, 6.45) is -2.59. The van der Waals surface area contributed by atoms with Gasteiger partial charge in [-0.05, 0) is 35.4 Å². The monoisotopic (exact) mass is 564 g/mol. The van der Waals surface area contributed by atoms with E-state index in [4.69, 9.17) is 4.74 Å². The Kier molecular flexibility index (Phi) is 7.09. The maximum Gasteiger partial charge on any atom is 0.194 e. The molecule has 3 N–H and O–H groups in total. The molecular formula is C28H23F3N6O4. The van der Waals surface area contributed by atoms with Crippen molar-refractivity contribution in [3.05, 3.63) is 103 Å². The highest BCUT2D eigenvalue weighted by atomic mass is 19.2. The summed E-state index contributed by atoms with van der Waals surface area (Å²) in [6.45, 7) is -0.603. The molecule has 41 heavy (non-hydrogen) atoms. The highest BCUT2D eigenvalue weighted by Gasteiger charge is 2.48. The van der Waals surface area contributed by atoms with Gasteiger partial charge in [-0.1, -0.05) is 47.7 Å². The first-order valence-electron chi connectivity index (χ1n) is 12.6. The van der Waals surface area contributed by atoms with Crippen molar-refractivity contribution in [3.63, 3.8) is 0 Å². The average molecular weight is 565 g/mol. The molecule has 3 aromatic carbocycles. The van der Waals surface area contributed by atoms with Crippen LogP contribution in [0, 0.1) is 17.5 Å². The number of halogens is 3. The Morgan fingerprint density at radius 2 is 1.56 bits per heavy atom. The minimum absolute atomic E-state index is 0.0355. The maximum absolute atomic E-state index is 13.8. The van der Waals surface area contributed by atoms with Crippen LogP contribution in [0.15, 0.2) is 79.3 Å². The number of ether oxygens (including phenoxy) is 1. The van der Waals surface area contributed by atoms with Gasteiger partial charge in [0.25, 0.3) is 0 Å². The lowest BCUT2D eigenvalue weighted by Crippen LogP contribution is -2.53. The second-order valence-electron chi connectivity index (χ2n) is 9.56. The Hall–Kier alpha value is -4.43. The predicted octanol–water partition coefficient (Wildman–Crippen LogP) is 3.01. The zero-order valence-electron chi connectivity index (χ0n) is 21.2. The summed E-state index contributed by atoms with van der Waals surface area (Å²) in [5.74, 6) is -4.24. The van der Waals surface area contributed by atoms with Crippen LogP contribution in [0.3, 0.4) is 0 Å². The number of aliphatic hydroxyl groups is 3. The molecule has 1 aliphatic rings. The van der Waals surface area contributed by atoms with Crippen molar-refractivity contribution >= 4 is 0 Å². The Labute approximate surface area is 230 Å². The third-order valence-corrected chi connectivity index (χ3v) is 7.05. The Balaban J connectivity index is 1.35. The normalized spacial score (nSPS) is 22.6. The van der Waals surface area contributed by atoms with Gasteiger partial charge in [0, 0.05) is 11.3 Å². The van der Waals surface area contributed by atoms with Crippen LogP contribution in [0.2, 0.25) is 0 Å². The molecule has 3 heterocycles. The van der Waals surface area contributed by atoms with Crippen LogP contribution >= 0.6 is 0 Å². The van der Waals surface area contributed by atoms with Crippen molar-refractivity contribution in [2.75, 3.05) is 6.61 Å². The number of hydrogen-bond acceptors (Lipinski definition) is 8. The molecule has 5 aromatic rings. The molecule has 210 valence electrons. The largest absolute Gasteiger partial charge is 0.394 e. The highest BCUT2D eigenvalue weighted by molar-refractivity contribution is 5.66. The minimum Gasteiger partial charge on any atom is -0.394 e. The van der Waals surface area contributed by atoms with Gasteiger partial charge >= 0.3 is 0 Å². The van der Waals surface area contributed by atoms with Crippen molar-refractivity contribution < 1.29 is 33.2 Å². The Morgan fingerprint density at radius 3 is 2.29 bits per heavy atom. The molecule has 2 aromatic heterocycles. The summed E-state index contributed by atoms with van der Waals surface area (Å²) in [5.41, 5.74) is 2.46. The molecule has 1 saturated heterocycles. The quantitative estimate of drug-likeness (QED) is 0.268. The van der Waals surface area contributed by atoms with Crippen LogP contribution in [0.4, 0.5) is 13.2 Å². The lowest BCUT2D eigenvalue weighted by Gasteiger charge is -2.41. The van der Waals surface area contributed by atoms with Crippen molar-refractivity contribution in [3.8, 4) is 28.1 Å². The fraction of sp³-hybridized carbons (Fsp3) is 0.214. The van der Waals surface area contributed by atoms with Gasteiger partial charge in [-0.15, -0.1) is 15.3 Å². The van der Waals surface area contributed by atoms with E-state index in [9.17, 15) is 28.5 Å². The molecule has 13 heteroatoms. The Bertz CT molecular complexity index is 1660. The molecule has 5 atom stereocenters. The fourth-order valence-corrected chi connectivity index (χ4v) is 4.99. The summed E-state index contributed by atoms with van der Waals surface area (Å²) >= 11 is 0. The van der Waals surface area contributed by atoms with E-state index in [0.717, 1.165) is 27.9 Å². The summed E-state index contributed by atoms with van der Waals surface area (Å²) in [5, 5.41) is 48.4. The maximum atomic E-state index is 13.8. The van der Waals surface area contributed by atoms with Gasteiger partial charge in [0.2, 0.25) is 0 Å². The lowest BCUT2D eigenvalue weighted by molar-refractivity contribution is -0.210. The molecule has 0 aliphatic carbocycles. The molecule has 10 nitrogen and oxygen atoms in total. The van der Waals surface area contributed by atoms with Crippen LogP contribution < -0.4 is 0 Å². The van der Waals surface area contributed by atoms with Gasteiger partial charge in [0.1, 0.15) is 42.5 Å². The van der Waals surface area contributed by atoms with Gasteiger partial charge < -0.3 is 20.1 Å². The summed E-state index contributed by atoms with van der Waals surface area (Å²) < 4.78 is 49.7. The summed E-state index contributed by atoms with van der Waals surface area (Å²) in [7, 11) is 0. The van der Waals surface area contributed by atoms with E-state index in [1.165, 1.54) is 12.5 Å². The third kappa shape index (κ3) is 4.89. The molecule has 0 radical (unpaired) electrons.